The Morgan fingerprint density at radius 3 is 2.50 bits per heavy atom. The number of aryl methyl sites for hydroxylation is 1. The number of ether oxygens (including phenoxy) is 1. The van der Waals surface area contributed by atoms with E-state index in [0.29, 0.717) is 11.3 Å². The normalized spacial score (nSPS) is 12.3. The Bertz CT molecular complexity index is 641. The van der Waals surface area contributed by atoms with Crippen LogP contribution in [0, 0.1) is 19.7 Å². The number of aliphatic hydroxyl groups is 1. The predicted molar refractivity (Wildman–Crippen MR) is 80.6 cm³/mol. The number of benzene rings is 2. The van der Waals surface area contributed by atoms with Crippen LogP contribution in [0.4, 0.5) is 4.39 Å². The average Bonchev–Trinajstić information content (AvgIpc) is 2.43. The van der Waals surface area contributed by atoms with Crippen LogP contribution in [0.5, 0.6) is 5.75 Å². The summed E-state index contributed by atoms with van der Waals surface area (Å²) >= 11 is 3.29. The van der Waals surface area contributed by atoms with Crippen LogP contribution in [0.1, 0.15) is 28.4 Å². The molecule has 0 saturated carbocycles. The second-order valence-electron chi connectivity index (χ2n) is 4.70. The van der Waals surface area contributed by atoms with Gasteiger partial charge in [0.05, 0.1) is 7.11 Å². The van der Waals surface area contributed by atoms with E-state index < -0.39 is 11.9 Å². The SMILES string of the molecule is COc1c(C(O)c2cc(Br)ccc2F)ccc(C)c1C. The van der Waals surface area contributed by atoms with Gasteiger partial charge in [0.2, 0.25) is 0 Å². The summed E-state index contributed by atoms with van der Waals surface area (Å²) in [5, 5.41) is 10.5. The van der Waals surface area contributed by atoms with Gasteiger partial charge in [-0.05, 0) is 43.2 Å². The standard InChI is InChI=1S/C16H16BrFO2/c1-9-4-6-12(16(20-3)10(9)2)15(19)13-8-11(17)5-7-14(13)18/h4-8,15,19H,1-3H3. The lowest BCUT2D eigenvalue weighted by atomic mass is 9.96. The minimum absolute atomic E-state index is 0.223. The van der Waals surface area contributed by atoms with Gasteiger partial charge in [0.1, 0.15) is 17.7 Å². The summed E-state index contributed by atoms with van der Waals surface area (Å²) < 4.78 is 20.0. The van der Waals surface area contributed by atoms with E-state index in [-0.39, 0.29) is 5.56 Å². The first kappa shape index (κ1) is 15.0. The van der Waals surface area contributed by atoms with E-state index in [1.807, 2.05) is 19.9 Å². The Morgan fingerprint density at radius 2 is 1.85 bits per heavy atom. The molecule has 20 heavy (non-hydrogen) atoms. The van der Waals surface area contributed by atoms with Crippen molar-refractivity contribution in [3.05, 3.63) is 62.9 Å². The monoisotopic (exact) mass is 338 g/mol. The Labute approximate surface area is 126 Å². The highest BCUT2D eigenvalue weighted by molar-refractivity contribution is 9.10. The van der Waals surface area contributed by atoms with Gasteiger partial charge >= 0.3 is 0 Å². The molecule has 0 heterocycles. The van der Waals surface area contributed by atoms with E-state index in [1.165, 1.54) is 6.07 Å². The molecule has 0 fully saturated rings. The van der Waals surface area contributed by atoms with Gasteiger partial charge in [-0.2, -0.15) is 0 Å². The fourth-order valence-electron chi connectivity index (χ4n) is 2.19. The zero-order chi connectivity index (χ0) is 14.9. The molecule has 0 saturated heterocycles. The fraction of sp³-hybridized carbons (Fsp3) is 0.250. The van der Waals surface area contributed by atoms with Crippen molar-refractivity contribution in [1.82, 2.24) is 0 Å². The Morgan fingerprint density at radius 1 is 1.15 bits per heavy atom. The van der Waals surface area contributed by atoms with Gasteiger partial charge in [0.25, 0.3) is 0 Å². The van der Waals surface area contributed by atoms with Crippen molar-refractivity contribution in [3.8, 4) is 5.75 Å². The van der Waals surface area contributed by atoms with Crippen molar-refractivity contribution in [2.75, 3.05) is 7.11 Å². The maximum atomic E-state index is 13.9. The lowest BCUT2D eigenvalue weighted by molar-refractivity contribution is 0.209. The summed E-state index contributed by atoms with van der Waals surface area (Å²) in [5.74, 6) is 0.151. The molecule has 0 aliphatic rings. The second-order valence-corrected chi connectivity index (χ2v) is 5.61. The quantitative estimate of drug-likeness (QED) is 0.904. The molecule has 1 atom stereocenters. The van der Waals surface area contributed by atoms with Gasteiger partial charge < -0.3 is 9.84 Å². The summed E-state index contributed by atoms with van der Waals surface area (Å²) in [6.07, 6.45) is -1.07. The molecule has 0 aliphatic heterocycles. The highest BCUT2D eigenvalue weighted by Crippen LogP contribution is 2.35. The lowest BCUT2D eigenvalue weighted by Gasteiger charge is -2.19. The van der Waals surface area contributed by atoms with E-state index in [9.17, 15) is 9.50 Å². The topological polar surface area (TPSA) is 29.5 Å². The zero-order valence-corrected chi connectivity index (χ0v) is 13.2. The first-order valence-electron chi connectivity index (χ1n) is 6.22. The number of halogens is 2. The molecular weight excluding hydrogens is 323 g/mol. The van der Waals surface area contributed by atoms with Crippen LogP contribution >= 0.6 is 15.9 Å². The number of hydrogen-bond acceptors (Lipinski definition) is 2. The minimum atomic E-state index is -1.07. The summed E-state index contributed by atoms with van der Waals surface area (Å²) in [6, 6.07) is 8.17. The van der Waals surface area contributed by atoms with Gasteiger partial charge in [0, 0.05) is 15.6 Å². The first-order valence-corrected chi connectivity index (χ1v) is 7.02. The van der Waals surface area contributed by atoms with E-state index in [1.54, 1.807) is 25.3 Å². The Hall–Kier alpha value is -1.39. The highest BCUT2D eigenvalue weighted by Gasteiger charge is 2.20. The molecule has 1 N–H and O–H groups in total. The molecule has 0 radical (unpaired) electrons. The molecule has 0 aliphatic carbocycles. The number of rotatable bonds is 3. The highest BCUT2D eigenvalue weighted by atomic mass is 79.9. The molecule has 1 unspecified atom stereocenters. The van der Waals surface area contributed by atoms with Crippen LogP contribution in [-0.4, -0.2) is 12.2 Å². The maximum Gasteiger partial charge on any atom is 0.129 e. The van der Waals surface area contributed by atoms with E-state index in [0.717, 1.165) is 15.6 Å². The van der Waals surface area contributed by atoms with E-state index in [2.05, 4.69) is 15.9 Å². The third-order valence-corrected chi connectivity index (χ3v) is 3.95. The fourth-order valence-corrected chi connectivity index (χ4v) is 2.57. The smallest absolute Gasteiger partial charge is 0.129 e. The molecule has 0 spiro atoms. The zero-order valence-electron chi connectivity index (χ0n) is 11.6. The van der Waals surface area contributed by atoms with Gasteiger partial charge in [-0.3, -0.25) is 0 Å². The van der Waals surface area contributed by atoms with Crippen LogP contribution < -0.4 is 4.74 Å². The molecule has 0 aromatic heterocycles. The van der Waals surface area contributed by atoms with Crippen molar-refractivity contribution in [1.29, 1.82) is 0 Å². The summed E-state index contributed by atoms with van der Waals surface area (Å²) in [4.78, 5) is 0. The molecule has 4 heteroatoms. The lowest BCUT2D eigenvalue weighted by Crippen LogP contribution is -2.06. The molecular formula is C16H16BrFO2. The van der Waals surface area contributed by atoms with Gasteiger partial charge in [-0.15, -0.1) is 0 Å². The first-order chi connectivity index (χ1) is 9.45. The van der Waals surface area contributed by atoms with Crippen LogP contribution in [0.25, 0.3) is 0 Å². The van der Waals surface area contributed by atoms with Crippen molar-refractivity contribution in [3.63, 3.8) is 0 Å². The maximum absolute atomic E-state index is 13.9. The summed E-state index contributed by atoms with van der Waals surface area (Å²) in [7, 11) is 1.55. The van der Waals surface area contributed by atoms with Crippen molar-refractivity contribution < 1.29 is 14.2 Å². The third-order valence-electron chi connectivity index (χ3n) is 3.46. The molecule has 2 aromatic carbocycles. The molecule has 2 nitrogen and oxygen atoms in total. The third kappa shape index (κ3) is 2.72. The number of aliphatic hydroxyl groups excluding tert-OH is 1. The van der Waals surface area contributed by atoms with E-state index >= 15 is 0 Å². The Balaban J connectivity index is 2.56. The molecule has 0 amide bonds. The minimum Gasteiger partial charge on any atom is -0.496 e. The summed E-state index contributed by atoms with van der Waals surface area (Å²) in [5.41, 5.74) is 2.79. The van der Waals surface area contributed by atoms with Crippen molar-refractivity contribution in [2.24, 2.45) is 0 Å². The number of hydrogen-bond donors (Lipinski definition) is 1. The molecule has 2 rings (SSSR count). The van der Waals surface area contributed by atoms with Crippen LogP contribution in [0.2, 0.25) is 0 Å². The van der Waals surface area contributed by atoms with Gasteiger partial charge in [0.15, 0.2) is 0 Å². The average molecular weight is 339 g/mol. The van der Waals surface area contributed by atoms with Crippen molar-refractivity contribution in [2.45, 2.75) is 20.0 Å². The largest absolute Gasteiger partial charge is 0.496 e. The molecule has 0 bridgehead atoms. The van der Waals surface area contributed by atoms with Crippen LogP contribution in [0.3, 0.4) is 0 Å². The van der Waals surface area contributed by atoms with E-state index in [4.69, 9.17) is 4.74 Å². The Kier molecular flexibility index (Phi) is 4.45. The molecule has 106 valence electrons. The number of methoxy groups -OCH3 is 1. The van der Waals surface area contributed by atoms with Gasteiger partial charge in [-0.1, -0.05) is 28.1 Å². The summed E-state index contributed by atoms with van der Waals surface area (Å²) in [6.45, 7) is 3.88. The molecule has 2 aromatic rings. The van der Waals surface area contributed by atoms with Crippen LogP contribution in [-0.2, 0) is 0 Å². The second kappa shape index (κ2) is 5.94. The van der Waals surface area contributed by atoms with Crippen molar-refractivity contribution >= 4 is 15.9 Å². The predicted octanol–water partition coefficient (Wildman–Crippen LogP) is 4.30. The van der Waals surface area contributed by atoms with Gasteiger partial charge in [-0.25, -0.2) is 4.39 Å². The van der Waals surface area contributed by atoms with Crippen LogP contribution in [0.15, 0.2) is 34.8 Å².